The van der Waals surface area contributed by atoms with E-state index in [-0.39, 0.29) is 0 Å². The van der Waals surface area contributed by atoms with Crippen LogP contribution in [-0.4, -0.2) is 7.11 Å². The van der Waals surface area contributed by atoms with E-state index in [2.05, 4.69) is 6.07 Å². The van der Waals surface area contributed by atoms with Crippen LogP contribution in [0.5, 0.6) is 5.75 Å². The topological polar surface area (TPSA) is 59.0 Å². The molecule has 0 aliphatic carbocycles. The van der Waals surface area contributed by atoms with Crippen molar-refractivity contribution in [2.75, 3.05) is 12.8 Å². The number of benzene rings is 2. The Kier molecular flexibility index (Phi) is 4.29. The summed E-state index contributed by atoms with van der Waals surface area (Å²) in [4.78, 5) is 0. The summed E-state index contributed by atoms with van der Waals surface area (Å²) >= 11 is 5.85. The number of methoxy groups -OCH3 is 1. The smallest absolute Gasteiger partial charge is 0.128 e. The second-order valence-corrected chi connectivity index (χ2v) is 4.61. The van der Waals surface area contributed by atoms with Gasteiger partial charge in [-0.25, -0.2) is 0 Å². The quantitative estimate of drug-likeness (QED) is 0.526. The maximum absolute atomic E-state index is 9.31. The first-order chi connectivity index (χ1) is 9.63. The van der Waals surface area contributed by atoms with Crippen LogP contribution in [-0.2, 0) is 0 Å². The van der Waals surface area contributed by atoms with Gasteiger partial charge < -0.3 is 10.5 Å². The van der Waals surface area contributed by atoms with Crippen molar-refractivity contribution in [1.82, 2.24) is 0 Å². The monoisotopic (exact) mass is 284 g/mol. The highest BCUT2D eigenvalue weighted by Crippen LogP contribution is 2.27. The van der Waals surface area contributed by atoms with Gasteiger partial charge in [-0.15, -0.1) is 0 Å². The van der Waals surface area contributed by atoms with Crippen molar-refractivity contribution in [3.8, 4) is 11.8 Å². The van der Waals surface area contributed by atoms with Crippen LogP contribution < -0.4 is 10.5 Å². The fourth-order valence-corrected chi connectivity index (χ4v) is 1.94. The van der Waals surface area contributed by atoms with Gasteiger partial charge >= 0.3 is 0 Å². The minimum atomic E-state index is 0.532. The summed E-state index contributed by atoms with van der Waals surface area (Å²) in [6, 6.07) is 14.6. The van der Waals surface area contributed by atoms with Crippen molar-refractivity contribution in [3.05, 3.63) is 58.6 Å². The summed E-state index contributed by atoms with van der Waals surface area (Å²) in [6.07, 6.45) is 1.77. The van der Waals surface area contributed by atoms with Crippen molar-refractivity contribution in [2.24, 2.45) is 0 Å². The molecule has 0 amide bonds. The Bertz CT molecular complexity index is 685. The number of anilines is 1. The van der Waals surface area contributed by atoms with Gasteiger partial charge in [-0.1, -0.05) is 23.7 Å². The summed E-state index contributed by atoms with van der Waals surface area (Å²) in [5.41, 5.74) is 8.46. The fraction of sp³-hybridized carbons (Fsp3) is 0.0625. The summed E-state index contributed by atoms with van der Waals surface area (Å²) in [5, 5.41) is 9.95. The van der Waals surface area contributed by atoms with E-state index in [1.807, 2.05) is 6.07 Å². The van der Waals surface area contributed by atoms with E-state index in [4.69, 9.17) is 22.1 Å². The van der Waals surface area contributed by atoms with Crippen molar-refractivity contribution in [3.63, 3.8) is 0 Å². The Morgan fingerprint density at radius 3 is 2.55 bits per heavy atom. The van der Waals surface area contributed by atoms with Crippen LogP contribution in [0.1, 0.15) is 11.1 Å². The van der Waals surface area contributed by atoms with E-state index < -0.39 is 0 Å². The minimum Gasteiger partial charge on any atom is -0.496 e. The van der Waals surface area contributed by atoms with E-state index in [0.29, 0.717) is 22.0 Å². The number of hydrogen-bond acceptors (Lipinski definition) is 3. The second kappa shape index (κ2) is 6.14. The molecule has 2 N–H and O–H groups in total. The Morgan fingerprint density at radius 1 is 1.25 bits per heavy atom. The van der Waals surface area contributed by atoms with Gasteiger partial charge in [0.25, 0.3) is 0 Å². The van der Waals surface area contributed by atoms with Gasteiger partial charge in [0, 0.05) is 22.3 Å². The molecule has 0 aromatic heterocycles. The van der Waals surface area contributed by atoms with Gasteiger partial charge in [0.2, 0.25) is 0 Å². The Labute approximate surface area is 122 Å². The molecule has 0 bridgehead atoms. The van der Waals surface area contributed by atoms with E-state index >= 15 is 0 Å². The minimum absolute atomic E-state index is 0.532. The Morgan fingerprint density at radius 2 is 1.95 bits per heavy atom. The number of halogens is 1. The van der Waals surface area contributed by atoms with Gasteiger partial charge in [-0.2, -0.15) is 5.26 Å². The third kappa shape index (κ3) is 3.11. The lowest BCUT2D eigenvalue weighted by Gasteiger charge is -2.07. The molecule has 100 valence electrons. The van der Waals surface area contributed by atoms with Gasteiger partial charge in [-0.3, -0.25) is 0 Å². The molecular formula is C16H13ClN2O. The molecule has 0 fully saturated rings. The first kappa shape index (κ1) is 14.0. The number of ether oxygens (including phenoxy) is 1. The number of nitrogen functional groups attached to an aromatic ring is 1. The van der Waals surface area contributed by atoms with Gasteiger partial charge in [0.15, 0.2) is 0 Å². The number of nitriles is 1. The molecule has 20 heavy (non-hydrogen) atoms. The third-order valence-corrected chi connectivity index (χ3v) is 3.09. The van der Waals surface area contributed by atoms with Gasteiger partial charge in [0.05, 0.1) is 18.8 Å². The standard InChI is InChI=1S/C16H13ClN2O/c1-20-16-9-15(19)7-4-12(16)8-13(10-18)11-2-5-14(17)6-3-11/h2-9H,19H2,1H3. The summed E-state index contributed by atoms with van der Waals surface area (Å²) in [5.74, 6) is 0.631. The summed E-state index contributed by atoms with van der Waals surface area (Å²) in [7, 11) is 1.57. The molecular weight excluding hydrogens is 272 g/mol. The molecule has 2 aromatic rings. The highest BCUT2D eigenvalue weighted by molar-refractivity contribution is 6.30. The van der Waals surface area contributed by atoms with E-state index in [1.165, 1.54) is 0 Å². The summed E-state index contributed by atoms with van der Waals surface area (Å²) in [6.45, 7) is 0. The van der Waals surface area contributed by atoms with Crippen LogP contribution in [0.2, 0.25) is 5.02 Å². The lowest BCUT2D eigenvalue weighted by atomic mass is 10.0. The molecule has 0 saturated heterocycles. The normalized spacial score (nSPS) is 10.9. The molecule has 0 atom stereocenters. The molecule has 0 radical (unpaired) electrons. The molecule has 4 heteroatoms. The van der Waals surface area contributed by atoms with Crippen LogP contribution in [0.3, 0.4) is 0 Å². The zero-order valence-corrected chi connectivity index (χ0v) is 11.7. The van der Waals surface area contributed by atoms with Crippen LogP contribution in [0.4, 0.5) is 5.69 Å². The maximum atomic E-state index is 9.31. The molecule has 0 aliphatic heterocycles. The van der Waals surface area contributed by atoms with Crippen LogP contribution in [0.25, 0.3) is 11.6 Å². The van der Waals surface area contributed by atoms with Crippen LogP contribution >= 0.6 is 11.6 Å². The number of rotatable bonds is 3. The lowest BCUT2D eigenvalue weighted by molar-refractivity contribution is 0.414. The van der Waals surface area contributed by atoms with Crippen molar-refractivity contribution < 1.29 is 4.74 Å². The zero-order valence-electron chi connectivity index (χ0n) is 10.9. The molecule has 0 heterocycles. The SMILES string of the molecule is COc1cc(N)ccc1C=C(C#N)c1ccc(Cl)cc1. The average Bonchev–Trinajstić information content (AvgIpc) is 2.47. The number of nitrogens with two attached hydrogens (primary N) is 1. The average molecular weight is 285 g/mol. The molecule has 0 aliphatic rings. The summed E-state index contributed by atoms with van der Waals surface area (Å²) < 4.78 is 5.27. The predicted molar refractivity (Wildman–Crippen MR) is 82.3 cm³/mol. The first-order valence-electron chi connectivity index (χ1n) is 5.95. The maximum Gasteiger partial charge on any atom is 0.128 e. The van der Waals surface area contributed by atoms with Crippen molar-refractivity contribution in [1.29, 1.82) is 5.26 Å². The largest absolute Gasteiger partial charge is 0.496 e. The Hall–Kier alpha value is -2.44. The first-order valence-corrected chi connectivity index (χ1v) is 6.33. The highest BCUT2D eigenvalue weighted by atomic mass is 35.5. The molecule has 2 aromatic carbocycles. The highest BCUT2D eigenvalue weighted by Gasteiger charge is 2.05. The van der Waals surface area contributed by atoms with Crippen LogP contribution in [0.15, 0.2) is 42.5 Å². The lowest BCUT2D eigenvalue weighted by Crippen LogP contribution is -1.91. The van der Waals surface area contributed by atoms with Crippen LogP contribution in [0, 0.1) is 11.3 Å². The zero-order chi connectivity index (χ0) is 14.5. The van der Waals surface area contributed by atoms with Gasteiger partial charge in [-0.05, 0) is 35.9 Å². The fourth-order valence-electron chi connectivity index (χ4n) is 1.81. The number of nitrogens with zero attached hydrogens (tertiary/aromatic N) is 1. The van der Waals surface area contributed by atoms with E-state index in [9.17, 15) is 5.26 Å². The molecule has 0 spiro atoms. The molecule has 0 saturated carbocycles. The molecule has 3 nitrogen and oxygen atoms in total. The Balaban J connectivity index is 2.46. The van der Waals surface area contributed by atoms with Crippen molar-refractivity contribution >= 4 is 28.9 Å². The van der Waals surface area contributed by atoms with Gasteiger partial charge in [0.1, 0.15) is 5.75 Å². The molecule has 2 rings (SSSR count). The van der Waals surface area contributed by atoms with E-state index in [0.717, 1.165) is 11.1 Å². The third-order valence-electron chi connectivity index (χ3n) is 2.83. The number of hydrogen-bond donors (Lipinski definition) is 1. The second-order valence-electron chi connectivity index (χ2n) is 4.18. The predicted octanol–water partition coefficient (Wildman–Crippen LogP) is 3.99. The van der Waals surface area contributed by atoms with E-state index in [1.54, 1.807) is 49.6 Å². The number of allylic oxidation sites excluding steroid dienone is 1. The molecule has 0 unspecified atom stereocenters. The van der Waals surface area contributed by atoms with Crippen molar-refractivity contribution in [2.45, 2.75) is 0 Å².